The van der Waals surface area contributed by atoms with E-state index < -0.39 is 71.5 Å². The molecule has 0 aliphatic heterocycles. The molecule has 5 N–H and O–H groups in total. The Balaban J connectivity index is 1.50. The van der Waals surface area contributed by atoms with Gasteiger partial charge in [0, 0.05) is 38.0 Å². The zero-order chi connectivity index (χ0) is 53.7. The van der Waals surface area contributed by atoms with Crippen molar-refractivity contribution in [2.24, 2.45) is 0 Å². The highest BCUT2D eigenvalue weighted by atomic mass is 16.6. The maximum atomic E-state index is 14.7. The van der Waals surface area contributed by atoms with Gasteiger partial charge >= 0.3 is 12.1 Å². The van der Waals surface area contributed by atoms with E-state index in [9.17, 15) is 33.6 Å². The molecule has 0 spiro atoms. The molecule has 0 heterocycles. The van der Waals surface area contributed by atoms with Gasteiger partial charge in [-0.15, -0.1) is 0 Å². The second kappa shape index (κ2) is 28.6. The van der Waals surface area contributed by atoms with Gasteiger partial charge in [-0.05, 0) is 131 Å². The molecule has 0 aliphatic carbocycles. The van der Waals surface area contributed by atoms with Crippen molar-refractivity contribution in [2.45, 2.75) is 129 Å². The quantitative estimate of drug-likeness (QED) is 0.0318. The predicted molar refractivity (Wildman–Crippen MR) is 279 cm³/mol. The lowest BCUT2D eigenvalue weighted by molar-refractivity contribution is -0.145. The molecule has 0 saturated heterocycles. The Bertz CT molecular complexity index is 2440. The van der Waals surface area contributed by atoms with Gasteiger partial charge < -0.3 is 50.4 Å². The van der Waals surface area contributed by atoms with Gasteiger partial charge in [-0.3, -0.25) is 24.0 Å². The van der Waals surface area contributed by atoms with Gasteiger partial charge in [-0.2, -0.15) is 0 Å². The third-order valence-corrected chi connectivity index (χ3v) is 11.9. The first kappa shape index (κ1) is 58.1. The summed E-state index contributed by atoms with van der Waals surface area (Å²) >= 11 is 0. The largest absolute Gasteiger partial charge is 0.497 e. The number of nitrogens with one attached hydrogen (secondary N) is 5. The Labute approximate surface area is 429 Å². The molecule has 0 radical (unpaired) electrons. The number of amides is 6. The predicted octanol–water partition coefficient (Wildman–Crippen LogP) is 7.01. The number of carbonyl (C=O) groups excluding carboxylic acids is 7. The summed E-state index contributed by atoms with van der Waals surface area (Å²) in [5.41, 5.74) is 4.07. The molecule has 0 aliphatic rings. The van der Waals surface area contributed by atoms with Gasteiger partial charge in [0.05, 0.1) is 21.3 Å². The Morgan fingerprint density at radius 3 is 1.78 bits per heavy atom. The number of rotatable bonds is 26. The molecule has 5 atom stereocenters. The summed E-state index contributed by atoms with van der Waals surface area (Å²) < 4.78 is 20.9. The maximum Gasteiger partial charge on any atom is 0.407 e. The van der Waals surface area contributed by atoms with Crippen LogP contribution >= 0.6 is 0 Å². The Kier molecular flexibility index (Phi) is 22.8. The molecule has 17 nitrogen and oxygen atoms in total. The number of hydrogen-bond acceptors (Lipinski definition) is 11. The van der Waals surface area contributed by atoms with Gasteiger partial charge in [0.2, 0.25) is 23.6 Å². The standard InChI is InChI=1S/C56H74N6O11/c1-11-12-15-38-17-21-40(22-18-38)41-23-25-43(26-24-41)51(65)58-36(2)34-48(63)60-46(16-13-14-33-57-55(69)73-56(4,5)6)53(67)62(7)49(42-27-31-45(71-9)32-28-42)52(66)59-37(3)50(64)61-47(54(68)72-10)35-39-19-29-44(70-8)30-20-39/h17-32,36-37,46-47,49H,11-16,33-35H2,1-10H3,(H,57,69)(H,58,65)(H,59,66)(H,60,63)(H,61,64)/t36?,37-,46-,47-,49-/m0/s1. The van der Waals surface area contributed by atoms with E-state index >= 15 is 0 Å². The second-order valence-electron chi connectivity index (χ2n) is 19.0. The molecule has 0 aromatic heterocycles. The monoisotopic (exact) mass is 1010 g/mol. The van der Waals surface area contributed by atoms with E-state index in [1.54, 1.807) is 88.4 Å². The molecular formula is C56H74N6O11. The number of ether oxygens (including phenoxy) is 4. The van der Waals surface area contributed by atoms with Crippen molar-refractivity contribution >= 4 is 41.6 Å². The number of carbonyl (C=O) groups is 7. The summed E-state index contributed by atoms with van der Waals surface area (Å²) in [5.74, 6) is -2.55. The zero-order valence-electron chi connectivity index (χ0n) is 43.9. The number of nitrogens with zero attached hydrogens (tertiary/aromatic N) is 1. The van der Waals surface area contributed by atoms with Gasteiger partial charge in [-0.25, -0.2) is 9.59 Å². The third-order valence-electron chi connectivity index (χ3n) is 11.9. The van der Waals surface area contributed by atoms with E-state index in [-0.39, 0.29) is 31.7 Å². The molecule has 0 saturated carbocycles. The average Bonchev–Trinajstić information content (AvgIpc) is 3.36. The van der Waals surface area contributed by atoms with E-state index in [1.165, 1.54) is 45.8 Å². The zero-order valence-corrected chi connectivity index (χ0v) is 43.9. The molecular weight excluding hydrogens is 933 g/mol. The minimum absolute atomic E-state index is 0.0903. The highest BCUT2D eigenvalue weighted by molar-refractivity contribution is 5.97. The molecule has 17 heteroatoms. The summed E-state index contributed by atoms with van der Waals surface area (Å²) in [6, 6.07) is 23.6. The topological polar surface area (TPSA) is 220 Å². The summed E-state index contributed by atoms with van der Waals surface area (Å²) in [5, 5.41) is 13.8. The highest BCUT2D eigenvalue weighted by Crippen LogP contribution is 2.25. The van der Waals surface area contributed by atoms with E-state index in [0.29, 0.717) is 41.0 Å². The fraction of sp³-hybridized carbons (Fsp3) is 0.446. The van der Waals surface area contributed by atoms with Gasteiger partial charge in [0.15, 0.2) is 0 Å². The summed E-state index contributed by atoms with van der Waals surface area (Å²) in [6.07, 6.45) is 3.48. The van der Waals surface area contributed by atoms with Crippen LogP contribution in [0.3, 0.4) is 0 Å². The molecule has 0 bridgehead atoms. The number of benzene rings is 4. The summed E-state index contributed by atoms with van der Waals surface area (Å²) in [7, 11) is 5.64. The first-order valence-electron chi connectivity index (χ1n) is 24.7. The Morgan fingerprint density at radius 1 is 0.644 bits per heavy atom. The smallest absolute Gasteiger partial charge is 0.407 e. The molecule has 6 amide bonds. The maximum absolute atomic E-state index is 14.7. The van der Waals surface area contributed by atoms with Crippen LogP contribution < -0.4 is 36.1 Å². The van der Waals surface area contributed by atoms with Crippen molar-refractivity contribution in [3.05, 3.63) is 119 Å². The van der Waals surface area contributed by atoms with Crippen molar-refractivity contribution in [3.63, 3.8) is 0 Å². The van der Waals surface area contributed by atoms with Crippen LogP contribution in [-0.4, -0.2) is 111 Å². The molecule has 73 heavy (non-hydrogen) atoms. The first-order chi connectivity index (χ1) is 34.7. The fourth-order valence-electron chi connectivity index (χ4n) is 7.88. The van der Waals surface area contributed by atoms with Crippen molar-refractivity contribution in [3.8, 4) is 22.6 Å². The lowest BCUT2D eigenvalue weighted by atomic mass is 10.0. The van der Waals surface area contributed by atoms with Crippen LogP contribution in [0.5, 0.6) is 11.5 Å². The lowest BCUT2D eigenvalue weighted by Crippen LogP contribution is -2.55. The third kappa shape index (κ3) is 18.9. The Morgan fingerprint density at radius 2 is 1.22 bits per heavy atom. The number of hydrogen-bond donors (Lipinski definition) is 5. The minimum Gasteiger partial charge on any atom is -0.497 e. The fourth-order valence-corrected chi connectivity index (χ4v) is 7.88. The molecule has 4 aromatic rings. The van der Waals surface area contributed by atoms with Crippen molar-refractivity contribution < 1.29 is 52.5 Å². The number of esters is 1. The van der Waals surface area contributed by atoms with E-state index in [0.717, 1.165) is 30.4 Å². The normalized spacial score (nSPS) is 13.1. The van der Waals surface area contributed by atoms with Gasteiger partial charge in [-0.1, -0.05) is 74.0 Å². The van der Waals surface area contributed by atoms with Crippen LogP contribution in [0.2, 0.25) is 0 Å². The van der Waals surface area contributed by atoms with Crippen molar-refractivity contribution in [2.75, 3.05) is 34.9 Å². The molecule has 0 fully saturated rings. The minimum atomic E-state index is -1.33. The first-order valence-corrected chi connectivity index (χ1v) is 24.7. The van der Waals surface area contributed by atoms with Gasteiger partial charge in [0.1, 0.15) is 41.3 Å². The molecule has 4 aromatic carbocycles. The average molecular weight is 1010 g/mol. The van der Waals surface area contributed by atoms with Crippen LogP contribution in [0.15, 0.2) is 97.1 Å². The van der Waals surface area contributed by atoms with E-state index in [4.69, 9.17) is 18.9 Å². The van der Waals surface area contributed by atoms with E-state index in [2.05, 4.69) is 57.8 Å². The van der Waals surface area contributed by atoms with Crippen LogP contribution in [0, 0.1) is 0 Å². The second-order valence-corrected chi connectivity index (χ2v) is 19.0. The number of aryl methyl sites for hydroxylation is 1. The van der Waals surface area contributed by atoms with Crippen LogP contribution in [0.1, 0.15) is 113 Å². The van der Waals surface area contributed by atoms with Gasteiger partial charge in [0.25, 0.3) is 5.91 Å². The lowest BCUT2D eigenvalue weighted by Gasteiger charge is -2.32. The summed E-state index contributed by atoms with van der Waals surface area (Å²) in [4.78, 5) is 96.2. The molecule has 4 rings (SSSR count). The number of unbranched alkanes of at least 4 members (excludes halogenated alkanes) is 2. The van der Waals surface area contributed by atoms with Crippen molar-refractivity contribution in [1.29, 1.82) is 0 Å². The van der Waals surface area contributed by atoms with Crippen LogP contribution in [0.25, 0.3) is 11.1 Å². The molecule has 1 unspecified atom stereocenters. The van der Waals surface area contributed by atoms with Crippen LogP contribution in [-0.2, 0) is 46.3 Å². The van der Waals surface area contributed by atoms with Crippen LogP contribution in [0.4, 0.5) is 4.79 Å². The van der Waals surface area contributed by atoms with Crippen molar-refractivity contribution in [1.82, 2.24) is 31.5 Å². The SMILES string of the molecule is CCCCc1ccc(-c2ccc(C(=O)NC(C)CC(=O)N[C@@H](CCCCNC(=O)OC(C)(C)C)C(=O)N(C)[C@H](C(=O)N[C@@H](C)C(=O)N[C@@H](Cc3ccc(OC)cc3)C(=O)OC)c3ccc(OC)cc3)cc2)cc1. The highest BCUT2D eigenvalue weighted by Gasteiger charge is 2.35. The van der Waals surface area contributed by atoms with E-state index in [1.807, 2.05) is 12.1 Å². The Hall–Kier alpha value is -7.43. The molecule has 394 valence electrons. The number of methoxy groups -OCH3 is 3. The number of alkyl carbamates (subject to hydrolysis) is 1. The number of likely N-dealkylation sites (N-methyl/N-ethyl adjacent to an activating group) is 1. The summed E-state index contributed by atoms with van der Waals surface area (Å²) in [6.45, 7) is 10.8.